The van der Waals surface area contributed by atoms with Crippen molar-refractivity contribution in [3.8, 4) is 0 Å². The van der Waals surface area contributed by atoms with Crippen molar-refractivity contribution in [1.29, 1.82) is 0 Å². The summed E-state index contributed by atoms with van der Waals surface area (Å²) in [6.07, 6.45) is 11.0. The molecule has 0 saturated heterocycles. The van der Waals surface area contributed by atoms with Gasteiger partial charge in [-0.25, -0.2) is 0 Å². The highest BCUT2D eigenvalue weighted by Crippen LogP contribution is 2.35. The van der Waals surface area contributed by atoms with Crippen LogP contribution in [0.3, 0.4) is 0 Å². The first kappa shape index (κ1) is 28.3. The van der Waals surface area contributed by atoms with Crippen LogP contribution >= 0.6 is 0 Å². The summed E-state index contributed by atoms with van der Waals surface area (Å²) in [5.41, 5.74) is 0. The molecule has 0 unspecified atom stereocenters. The highest BCUT2D eigenvalue weighted by atomic mass is 29.3. The molecule has 0 radical (unpaired) electrons. The molecule has 0 fully saturated rings. The smallest absolute Gasteiger partial charge is 0.411 e. The van der Waals surface area contributed by atoms with Gasteiger partial charge in [-0.3, -0.25) is 0 Å². The molecular formula is C22H50O4Si2. The van der Waals surface area contributed by atoms with Gasteiger partial charge in [0.25, 0.3) is 7.83 Å². The fraction of sp³-hybridized carbons (Fsp3) is 1.00. The van der Waals surface area contributed by atoms with E-state index in [0.29, 0.717) is 0 Å². The van der Waals surface area contributed by atoms with Gasteiger partial charge in [0.2, 0.25) is 0 Å². The molecule has 0 aliphatic heterocycles. The maximum Gasteiger partial charge on any atom is 0.503 e. The predicted molar refractivity (Wildman–Crippen MR) is 125 cm³/mol. The summed E-state index contributed by atoms with van der Waals surface area (Å²) < 4.78 is 26.9. The molecule has 28 heavy (non-hydrogen) atoms. The van der Waals surface area contributed by atoms with Crippen molar-refractivity contribution in [1.82, 2.24) is 0 Å². The Kier molecular flexibility index (Phi) is 18.3. The number of rotatable bonds is 21. The summed E-state index contributed by atoms with van der Waals surface area (Å²) in [5, 5.41) is 0. The van der Waals surface area contributed by atoms with Crippen molar-refractivity contribution in [3.05, 3.63) is 0 Å². The van der Waals surface area contributed by atoms with Crippen LogP contribution in [0.5, 0.6) is 0 Å². The quantitative estimate of drug-likeness (QED) is 0.143. The number of hydrogen-bond acceptors (Lipinski definition) is 4. The lowest BCUT2D eigenvalue weighted by molar-refractivity contribution is 0.0658. The second-order valence-electron chi connectivity index (χ2n) is 7.86. The zero-order chi connectivity index (χ0) is 21.1. The normalized spacial score (nSPS) is 12.6. The second kappa shape index (κ2) is 18.1. The Hall–Kier alpha value is 0.274. The fourth-order valence-corrected chi connectivity index (χ4v) is 16.7. The Balaban J connectivity index is 5.88. The van der Waals surface area contributed by atoms with Gasteiger partial charge in [-0.05, 0) is 37.8 Å². The molecule has 4 nitrogen and oxygen atoms in total. The Morgan fingerprint density at radius 1 is 0.429 bits per heavy atom. The summed E-state index contributed by atoms with van der Waals surface area (Å²) in [4.78, 5) is 0. The SMILES string of the molecule is CCCCO[Si](CCC)(CCC)[Si](OCCCC)(OCCCC)OCCCC. The minimum atomic E-state index is -2.86. The van der Waals surface area contributed by atoms with E-state index in [9.17, 15) is 0 Å². The van der Waals surface area contributed by atoms with Crippen LogP contribution in [0.25, 0.3) is 0 Å². The molecule has 0 rings (SSSR count). The number of unbranched alkanes of at least 4 members (excludes halogenated alkanes) is 4. The van der Waals surface area contributed by atoms with Crippen molar-refractivity contribution in [3.63, 3.8) is 0 Å². The average Bonchev–Trinajstić information content (AvgIpc) is 2.68. The lowest BCUT2D eigenvalue weighted by Gasteiger charge is -2.43. The summed E-state index contributed by atoms with van der Waals surface area (Å²) in [7, 11) is -5.15. The second-order valence-corrected chi connectivity index (χ2v) is 17.7. The molecule has 0 N–H and O–H groups in total. The van der Waals surface area contributed by atoms with E-state index in [2.05, 4.69) is 41.5 Å². The van der Waals surface area contributed by atoms with Crippen LogP contribution in [0, 0.1) is 0 Å². The van der Waals surface area contributed by atoms with Crippen molar-refractivity contribution in [2.24, 2.45) is 0 Å². The molecule has 0 aliphatic rings. The third-order valence-corrected chi connectivity index (χ3v) is 17.9. The van der Waals surface area contributed by atoms with Gasteiger partial charge in [-0.15, -0.1) is 0 Å². The summed E-state index contributed by atoms with van der Waals surface area (Å²) >= 11 is 0. The molecule has 170 valence electrons. The van der Waals surface area contributed by atoms with Gasteiger partial charge in [0.1, 0.15) is 0 Å². The lowest BCUT2D eigenvalue weighted by atomic mass is 10.4. The van der Waals surface area contributed by atoms with Crippen LogP contribution in [0.4, 0.5) is 0 Å². The first-order valence-electron chi connectivity index (χ1n) is 12.2. The van der Waals surface area contributed by atoms with Gasteiger partial charge < -0.3 is 17.7 Å². The zero-order valence-electron chi connectivity index (χ0n) is 19.9. The average molecular weight is 435 g/mol. The van der Waals surface area contributed by atoms with Gasteiger partial charge in [0.05, 0.1) is 0 Å². The van der Waals surface area contributed by atoms with Crippen molar-refractivity contribution >= 4 is 16.2 Å². The summed E-state index contributed by atoms with van der Waals surface area (Å²) in [6.45, 7) is 16.4. The lowest BCUT2D eigenvalue weighted by Crippen LogP contribution is -2.70. The third-order valence-electron chi connectivity index (χ3n) is 5.11. The van der Waals surface area contributed by atoms with Gasteiger partial charge in [0.15, 0.2) is 0 Å². The van der Waals surface area contributed by atoms with E-state index < -0.39 is 16.2 Å². The van der Waals surface area contributed by atoms with Crippen LogP contribution in [0.2, 0.25) is 12.1 Å². The molecule has 0 spiro atoms. The van der Waals surface area contributed by atoms with Gasteiger partial charge in [-0.1, -0.05) is 80.1 Å². The van der Waals surface area contributed by atoms with Crippen LogP contribution < -0.4 is 0 Å². The number of hydrogen-bond donors (Lipinski definition) is 0. The fourth-order valence-electron chi connectivity index (χ4n) is 3.46. The minimum absolute atomic E-state index is 0.736. The maximum atomic E-state index is 6.83. The third kappa shape index (κ3) is 9.85. The van der Waals surface area contributed by atoms with E-state index >= 15 is 0 Å². The van der Waals surface area contributed by atoms with Crippen molar-refractivity contribution in [2.75, 3.05) is 26.4 Å². The largest absolute Gasteiger partial charge is 0.503 e. The molecule has 0 amide bonds. The van der Waals surface area contributed by atoms with Gasteiger partial charge in [-0.2, -0.15) is 0 Å². The Morgan fingerprint density at radius 3 is 1.04 bits per heavy atom. The topological polar surface area (TPSA) is 36.9 Å². The Labute approximate surface area is 178 Å². The van der Waals surface area contributed by atoms with Gasteiger partial charge >= 0.3 is 8.32 Å². The molecular weight excluding hydrogens is 384 g/mol. The monoisotopic (exact) mass is 434 g/mol. The van der Waals surface area contributed by atoms with E-state index in [0.717, 1.165) is 103 Å². The summed E-state index contributed by atoms with van der Waals surface area (Å²) in [5.74, 6) is 0. The van der Waals surface area contributed by atoms with Crippen molar-refractivity contribution in [2.45, 2.75) is 118 Å². The molecule has 0 aromatic rings. The van der Waals surface area contributed by atoms with E-state index in [1.807, 2.05) is 0 Å². The van der Waals surface area contributed by atoms with Crippen LogP contribution in [0.1, 0.15) is 106 Å². The highest BCUT2D eigenvalue weighted by molar-refractivity contribution is 7.32. The van der Waals surface area contributed by atoms with Crippen LogP contribution in [-0.4, -0.2) is 42.6 Å². The molecule has 6 heteroatoms. The Morgan fingerprint density at radius 2 is 0.750 bits per heavy atom. The maximum absolute atomic E-state index is 6.83. The Bertz CT molecular complexity index is 310. The first-order chi connectivity index (χ1) is 13.6. The van der Waals surface area contributed by atoms with E-state index in [1.165, 1.54) is 0 Å². The van der Waals surface area contributed by atoms with Gasteiger partial charge in [0, 0.05) is 26.4 Å². The van der Waals surface area contributed by atoms with E-state index in [4.69, 9.17) is 17.7 Å². The van der Waals surface area contributed by atoms with Crippen LogP contribution in [0.15, 0.2) is 0 Å². The molecule has 0 aromatic heterocycles. The first-order valence-corrected chi connectivity index (χ1v) is 17.2. The standard InChI is InChI=1S/C22H50O4Si2/c1-7-13-17-23-27(21-11-5,22-12-6)28(24-18-14-8-2,25-19-15-9-3)26-20-16-10-4/h7-22H2,1-6H3. The zero-order valence-corrected chi connectivity index (χ0v) is 21.9. The summed E-state index contributed by atoms with van der Waals surface area (Å²) in [6, 6.07) is 2.17. The molecule has 0 bridgehead atoms. The molecule has 0 saturated carbocycles. The highest BCUT2D eigenvalue weighted by Gasteiger charge is 2.64. The van der Waals surface area contributed by atoms with E-state index in [1.54, 1.807) is 0 Å². The molecule has 0 aromatic carbocycles. The van der Waals surface area contributed by atoms with Crippen molar-refractivity contribution < 1.29 is 17.7 Å². The van der Waals surface area contributed by atoms with E-state index in [-0.39, 0.29) is 0 Å². The predicted octanol–water partition coefficient (Wildman–Crippen LogP) is 7.04. The molecule has 0 heterocycles. The molecule has 0 aliphatic carbocycles. The minimum Gasteiger partial charge on any atom is -0.411 e. The van der Waals surface area contributed by atoms with Crippen LogP contribution in [-0.2, 0) is 17.7 Å². The molecule has 0 atom stereocenters.